The summed E-state index contributed by atoms with van der Waals surface area (Å²) in [6, 6.07) is 0. The SMILES string of the molecule is CCOC(C)=O.ClC(Cl)Cl.ClC(Cl)Cl.ClC(Cl)Cl.ClC(Cl)Cl.ClC(Cl)Cl.ClC(Cl)Cl.ClC(Cl)Cl.ClC(Cl)Cl.ClC(Cl)Cl. The van der Waals surface area contributed by atoms with Crippen molar-refractivity contribution in [2.75, 3.05) is 6.61 Å². The van der Waals surface area contributed by atoms with E-state index in [1.807, 2.05) is 0 Å². The van der Waals surface area contributed by atoms with Gasteiger partial charge in [0, 0.05) is 6.92 Å². The van der Waals surface area contributed by atoms with Gasteiger partial charge < -0.3 is 4.74 Å². The van der Waals surface area contributed by atoms with Crippen LogP contribution in [0.4, 0.5) is 0 Å². The van der Waals surface area contributed by atoms with E-state index in [1.54, 1.807) is 6.92 Å². The molecule has 0 spiro atoms. The van der Waals surface area contributed by atoms with Crippen LogP contribution in [0, 0.1) is 0 Å². The van der Waals surface area contributed by atoms with Gasteiger partial charge in [-0.3, -0.25) is 4.79 Å². The minimum absolute atomic E-state index is 0.211. The lowest BCUT2D eigenvalue weighted by atomic mass is 10.8. The molecule has 0 radical (unpaired) electrons. The van der Waals surface area contributed by atoms with E-state index in [4.69, 9.17) is 313 Å². The van der Waals surface area contributed by atoms with Gasteiger partial charge in [-0.15, -0.1) is 0 Å². The van der Waals surface area contributed by atoms with E-state index in [2.05, 4.69) is 4.74 Å². The van der Waals surface area contributed by atoms with Crippen LogP contribution in [0.15, 0.2) is 0 Å². The first-order valence-electron chi connectivity index (χ1n) is 7.80. The second-order valence-corrected chi connectivity index (χ2v) is 21.0. The first-order chi connectivity index (χ1) is 18.4. The third kappa shape index (κ3) is 956. The predicted octanol–water partition coefficient (Wildman–Crippen LogP) is 18.4. The van der Waals surface area contributed by atoms with Gasteiger partial charge in [-0.05, 0) is 6.92 Å². The summed E-state index contributed by atoms with van der Waals surface area (Å²) in [5.74, 6) is -0.211. The Morgan fingerprint density at radius 3 is 0.429 bits per heavy atom. The molecule has 0 aromatic heterocycles. The summed E-state index contributed by atoms with van der Waals surface area (Å²) < 4.78 is -2.35. The Kier molecular flexibility index (Phi) is 124. The van der Waals surface area contributed by atoms with E-state index in [0.29, 0.717) is 6.61 Å². The van der Waals surface area contributed by atoms with Crippen molar-refractivity contribution in [2.45, 2.75) is 52.5 Å². The predicted molar refractivity (Wildman–Crippen MR) is 214 cm³/mol. The highest BCUT2D eigenvalue weighted by atomic mass is 35.6. The zero-order chi connectivity index (χ0) is 37.2. The van der Waals surface area contributed by atoms with Crippen molar-refractivity contribution in [2.24, 2.45) is 0 Å². The molecule has 0 unspecified atom stereocenters. The number of halogens is 27. The van der Waals surface area contributed by atoms with E-state index in [0.717, 1.165) is 0 Å². The topological polar surface area (TPSA) is 26.3 Å². The van der Waals surface area contributed by atoms with Crippen molar-refractivity contribution in [3.63, 3.8) is 0 Å². The van der Waals surface area contributed by atoms with Gasteiger partial charge in [0.25, 0.3) is 0 Å². The van der Waals surface area contributed by atoms with Gasteiger partial charge in [-0.2, -0.15) is 0 Å². The van der Waals surface area contributed by atoms with Crippen LogP contribution >= 0.6 is 313 Å². The molecule has 0 aromatic rings. The molecule has 0 atom stereocenters. The lowest BCUT2D eigenvalue weighted by molar-refractivity contribution is -0.140. The summed E-state index contributed by atoms with van der Waals surface area (Å²) in [5.41, 5.74) is 0. The summed E-state index contributed by atoms with van der Waals surface area (Å²) in [6.45, 7) is 3.65. The number of rotatable bonds is 1. The fourth-order valence-corrected chi connectivity index (χ4v) is 0.203. The van der Waals surface area contributed by atoms with Crippen molar-refractivity contribution in [1.82, 2.24) is 0 Å². The van der Waals surface area contributed by atoms with Crippen LogP contribution in [0.25, 0.3) is 0 Å². The molecular formula is C13H17Cl27O2. The Labute approximate surface area is 382 Å². The number of hydrogen-bond donors (Lipinski definition) is 0. The normalized spacial score (nSPS) is 8.81. The van der Waals surface area contributed by atoms with Crippen molar-refractivity contribution in [3.8, 4) is 0 Å². The summed E-state index contributed by atoms with van der Waals surface area (Å²) in [6.07, 6.45) is 0. The second-order valence-electron chi connectivity index (χ2n) is 3.15. The molecule has 270 valence electrons. The Balaban J connectivity index is -0.0000000340. The molecule has 0 aromatic carbocycles. The van der Waals surface area contributed by atoms with Crippen LogP contribution in [0.5, 0.6) is 0 Å². The lowest BCUT2D eigenvalue weighted by Gasteiger charge is -1.89. The van der Waals surface area contributed by atoms with Gasteiger partial charge in [-0.25, -0.2) is 0 Å². The van der Waals surface area contributed by atoms with Crippen molar-refractivity contribution in [3.05, 3.63) is 0 Å². The van der Waals surface area contributed by atoms with Crippen molar-refractivity contribution >= 4 is 319 Å². The van der Waals surface area contributed by atoms with E-state index in [-0.39, 0.29) is 5.97 Å². The van der Waals surface area contributed by atoms with Gasteiger partial charge in [-0.1, -0.05) is 313 Å². The Morgan fingerprint density at radius 1 is 0.357 bits per heavy atom. The molecule has 29 heteroatoms. The quantitative estimate of drug-likeness (QED) is 0.193. The van der Waals surface area contributed by atoms with Crippen LogP contribution in [0.1, 0.15) is 13.8 Å². The van der Waals surface area contributed by atoms with Crippen molar-refractivity contribution < 1.29 is 9.53 Å². The van der Waals surface area contributed by atoms with Gasteiger partial charge in [0.1, 0.15) is 0 Å². The fraction of sp³-hybridized carbons (Fsp3) is 0.923. The summed E-state index contributed by atoms with van der Waals surface area (Å²) >= 11 is 130. The molecule has 0 saturated heterocycles. The maximum atomic E-state index is 9.82. The summed E-state index contributed by atoms with van der Waals surface area (Å²) in [7, 11) is 0. The third-order valence-corrected chi connectivity index (χ3v) is 0.348. The van der Waals surface area contributed by atoms with E-state index in [1.165, 1.54) is 6.92 Å². The van der Waals surface area contributed by atoms with Crippen LogP contribution in [0.3, 0.4) is 0 Å². The monoisotopic (exact) mass is 1150 g/mol. The average Bonchev–Trinajstić information content (AvgIpc) is 2.56. The van der Waals surface area contributed by atoms with E-state index >= 15 is 0 Å². The standard InChI is InChI=1S/C4H8O2.9CHCl3/c1-3-6-4(2)5;9*2-1(3)4/h3H2,1-2H3;9*1H. The van der Waals surface area contributed by atoms with Crippen molar-refractivity contribution in [1.29, 1.82) is 0 Å². The van der Waals surface area contributed by atoms with Crippen LogP contribution < -0.4 is 0 Å². The Morgan fingerprint density at radius 2 is 0.429 bits per heavy atom. The molecule has 0 aliphatic rings. The number of carbonyl (C=O) groups excluding carboxylic acids is 1. The molecule has 0 bridgehead atoms. The first-order valence-corrected chi connectivity index (χ1v) is 19.6. The molecule has 0 aliphatic carbocycles. The Bertz CT molecular complexity index is 275. The minimum Gasteiger partial charge on any atom is -0.466 e. The molecular weight excluding hydrogens is 1150 g/mol. The highest BCUT2D eigenvalue weighted by Crippen LogP contribution is 2.06. The fourth-order valence-electron chi connectivity index (χ4n) is 0.203. The highest BCUT2D eigenvalue weighted by Gasteiger charge is 1.83. The van der Waals surface area contributed by atoms with E-state index in [9.17, 15) is 4.79 Å². The molecule has 0 aliphatic heterocycles. The van der Waals surface area contributed by atoms with E-state index < -0.39 is 38.7 Å². The molecule has 0 N–H and O–H groups in total. The zero-order valence-electron chi connectivity index (χ0n) is 19.4. The summed E-state index contributed by atoms with van der Waals surface area (Å²) in [4.78, 5) is 9.82. The molecule has 0 saturated carbocycles. The van der Waals surface area contributed by atoms with Crippen LogP contribution in [0.2, 0.25) is 0 Å². The molecule has 0 fully saturated rings. The molecule has 2 nitrogen and oxygen atoms in total. The smallest absolute Gasteiger partial charge is 0.302 e. The van der Waals surface area contributed by atoms with Crippen LogP contribution in [-0.4, -0.2) is 51.2 Å². The molecule has 0 heterocycles. The lowest BCUT2D eigenvalue weighted by Crippen LogP contribution is -1.95. The second kappa shape index (κ2) is 70.0. The first kappa shape index (κ1) is 74.5. The number of carbonyl (C=O) groups is 1. The average molecular weight is 1160 g/mol. The summed E-state index contributed by atoms with van der Waals surface area (Å²) in [5, 5.41) is 0. The Hall–Kier alpha value is 7.30. The van der Waals surface area contributed by atoms with Gasteiger partial charge in [0.05, 0.1) is 6.61 Å². The number of ether oxygens (including phenoxy) is 1. The third-order valence-electron chi connectivity index (χ3n) is 0.348. The zero-order valence-corrected chi connectivity index (χ0v) is 39.8. The maximum Gasteiger partial charge on any atom is 0.302 e. The highest BCUT2D eigenvalue weighted by molar-refractivity contribution is 6.66. The molecule has 0 rings (SSSR count). The van der Waals surface area contributed by atoms with Crippen LogP contribution in [-0.2, 0) is 9.53 Å². The molecule has 0 amide bonds. The van der Waals surface area contributed by atoms with Gasteiger partial charge >= 0.3 is 5.97 Å². The number of hydrogen-bond acceptors (Lipinski definition) is 2. The molecule has 42 heavy (non-hydrogen) atoms. The largest absolute Gasteiger partial charge is 0.466 e. The number of esters is 1. The number of alkyl halides is 27. The van der Waals surface area contributed by atoms with Gasteiger partial charge in [0.2, 0.25) is 0 Å². The minimum atomic E-state index is -0.750. The van der Waals surface area contributed by atoms with Gasteiger partial charge in [0.15, 0.2) is 38.7 Å². The maximum absolute atomic E-state index is 9.82.